The summed E-state index contributed by atoms with van der Waals surface area (Å²) in [5, 5.41) is 24.7. The second kappa shape index (κ2) is 11.9. The first kappa shape index (κ1) is 25.8. The molecule has 1 aliphatic heterocycles. The Balaban J connectivity index is 2.41. The maximum absolute atomic E-state index is 15.0. The summed E-state index contributed by atoms with van der Waals surface area (Å²) in [7, 11) is 0. The first-order valence-corrected chi connectivity index (χ1v) is 9.72. The van der Waals surface area contributed by atoms with Crippen LogP contribution in [0.15, 0.2) is 20.5 Å². The van der Waals surface area contributed by atoms with Crippen LogP contribution in [0.1, 0.15) is 20.3 Å². The van der Waals surface area contributed by atoms with Gasteiger partial charge >= 0.3 is 5.97 Å². The van der Waals surface area contributed by atoms with Crippen molar-refractivity contribution >= 4 is 5.97 Å². The highest BCUT2D eigenvalue weighted by atomic mass is 19.1. The topological polar surface area (TPSA) is 260 Å². The summed E-state index contributed by atoms with van der Waals surface area (Å²) >= 11 is 0. The first-order valence-electron chi connectivity index (χ1n) is 9.72. The lowest BCUT2D eigenvalue weighted by atomic mass is 9.84. The van der Waals surface area contributed by atoms with E-state index in [9.17, 15) is 9.90 Å². The van der Waals surface area contributed by atoms with Gasteiger partial charge < -0.3 is 19.3 Å². The van der Waals surface area contributed by atoms with Crippen LogP contribution < -0.4 is 0 Å². The van der Waals surface area contributed by atoms with E-state index >= 15 is 4.39 Å². The molecule has 0 bridgehead atoms. The number of hydrogen-bond acceptors (Lipinski definition) is 9. The van der Waals surface area contributed by atoms with Crippen molar-refractivity contribution < 1.29 is 28.5 Å². The number of carbonyl (C=O) groups is 1. The molecule has 2 rings (SSSR count). The van der Waals surface area contributed by atoms with Gasteiger partial charge in [-0.05, 0) is 28.5 Å². The van der Waals surface area contributed by atoms with E-state index in [2.05, 4.69) is 40.1 Å². The van der Waals surface area contributed by atoms with Crippen LogP contribution >= 0.6 is 0 Å². The lowest BCUT2D eigenvalue weighted by Crippen LogP contribution is -2.60. The van der Waals surface area contributed by atoms with E-state index in [4.69, 9.17) is 36.3 Å². The van der Waals surface area contributed by atoms with E-state index in [1.54, 1.807) is 0 Å². The molecule has 0 aromatic carbocycles. The average molecular weight is 468 g/mol. The Labute approximate surface area is 185 Å². The number of nitrogens with zero attached hydrogens (tertiary/aromatic N) is 12. The van der Waals surface area contributed by atoms with Gasteiger partial charge in [-0.25, -0.2) is 4.39 Å². The van der Waals surface area contributed by atoms with Gasteiger partial charge in [0.05, 0.1) is 30.8 Å². The van der Waals surface area contributed by atoms with Gasteiger partial charge in [-0.15, -0.1) is 0 Å². The molecule has 1 saturated carbocycles. The van der Waals surface area contributed by atoms with Crippen molar-refractivity contribution in [2.45, 2.75) is 75.3 Å². The molecule has 178 valence electrons. The fraction of sp³-hybridized carbons (Fsp3) is 0.933. The van der Waals surface area contributed by atoms with Crippen LogP contribution in [-0.4, -0.2) is 72.6 Å². The van der Waals surface area contributed by atoms with Crippen LogP contribution in [0.5, 0.6) is 0 Å². The van der Waals surface area contributed by atoms with Crippen molar-refractivity contribution in [1.29, 1.82) is 0 Å². The molecule has 10 unspecified atom stereocenters. The zero-order valence-electron chi connectivity index (χ0n) is 17.5. The van der Waals surface area contributed by atoms with Gasteiger partial charge in [0.25, 0.3) is 0 Å². The largest absolute Gasteiger partial charge is 0.459 e. The Morgan fingerprint density at radius 3 is 2.24 bits per heavy atom. The molecule has 0 aromatic rings. The van der Waals surface area contributed by atoms with Crippen molar-refractivity contribution in [3.05, 3.63) is 41.8 Å². The van der Waals surface area contributed by atoms with Gasteiger partial charge in [0, 0.05) is 32.5 Å². The number of aliphatic hydroxyl groups is 1. The second-order valence-corrected chi connectivity index (χ2v) is 7.40. The highest BCUT2D eigenvalue weighted by molar-refractivity contribution is 5.66. The summed E-state index contributed by atoms with van der Waals surface area (Å²) in [6.45, 7) is 2.30. The highest BCUT2D eigenvalue weighted by Gasteiger charge is 2.51. The predicted octanol–water partition coefficient (Wildman–Crippen LogP) is 3.11. The Hall–Kier alpha value is -3.48. The van der Waals surface area contributed by atoms with Gasteiger partial charge in [0.2, 0.25) is 0 Å². The predicted molar refractivity (Wildman–Crippen MR) is 107 cm³/mol. The minimum atomic E-state index is -1.77. The third-order valence-corrected chi connectivity index (χ3v) is 5.42. The first-order chi connectivity index (χ1) is 15.8. The number of esters is 1. The summed E-state index contributed by atoms with van der Waals surface area (Å²) in [6, 6.07) is -3.72. The standard InChI is InChI=1S/C15H21FN12O5/c1-5-9(4-21-25-17)32-15(11(10(5)16)24-28-20)33-14-8(23-27-19)3-7(22-26-18)13(12(14)30)31-6(2)29/h5,7-15,30H,3-4H2,1-2H3. The van der Waals surface area contributed by atoms with Crippen molar-refractivity contribution in [2.75, 3.05) is 6.54 Å². The summed E-state index contributed by atoms with van der Waals surface area (Å²) < 4.78 is 31.5. The fourth-order valence-corrected chi connectivity index (χ4v) is 3.84. The molecular weight excluding hydrogens is 447 g/mol. The van der Waals surface area contributed by atoms with Gasteiger partial charge in [-0.2, -0.15) is 0 Å². The SMILES string of the molecule is CC(=O)OC1C(N=[N+]=[N-])CC(N=[N+]=[N-])C(OC2OC(CN=[N+]=[N-])C(C)C(F)C2N=[N+]=[N-])C1O. The average Bonchev–Trinajstić information content (AvgIpc) is 2.77. The Morgan fingerprint density at radius 2 is 1.70 bits per heavy atom. The van der Waals surface area contributed by atoms with Crippen LogP contribution in [0.25, 0.3) is 41.8 Å². The van der Waals surface area contributed by atoms with Gasteiger partial charge in [0.1, 0.15) is 24.4 Å². The zero-order chi connectivity index (χ0) is 24.5. The summed E-state index contributed by atoms with van der Waals surface area (Å²) in [6.07, 6.45) is -8.94. The lowest BCUT2D eigenvalue weighted by Gasteiger charge is -2.45. The van der Waals surface area contributed by atoms with Gasteiger partial charge in [-0.3, -0.25) is 4.79 Å². The normalized spacial score (nSPS) is 37.8. The summed E-state index contributed by atoms with van der Waals surface area (Å²) in [5.74, 6) is -1.62. The quantitative estimate of drug-likeness (QED) is 0.243. The van der Waals surface area contributed by atoms with Crippen LogP contribution in [0, 0.1) is 5.92 Å². The molecular formula is C15H21FN12O5. The molecule has 33 heavy (non-hydrogen) atoms. The summed E-state index contributed by atoms with van der Waals surface area (Å²) in [5.41, 5.74) is 35.2. The molecule has 1 saturated heterocycles. The maximum Gasteiger partial charge on any atom is 0.303 e. The molecule has 17 nitrogen and oxygen atoms in total. The number of hydrogen-bond donors (Lipinski definition) is 1. The number of rotatable bonds is 8. The molecule has 10 atom stereocenters. The molecule has 1 heterocycles. The number of aliphatic hydroxyl groups excluding tert-OH is 1. The Morgan fingerprint density at radius 1 is 1.09 bits per heavy atom. The van der Waals surface area contributed by atoms with Crippen LogP contribution in [0.2, 0.25) is 0 Å². The van der Waals surface area contributed by atoms with Crippen molar-refractivity contribution in [2.24, 2.45) is 26.4 Å². The highest BCUT2D eigenvalue weighted by Crippen LogP contribution is 2.36. The molecule has 0 amide bonds. The monoisotopic (exact) mass is 468 g/mol. The molecule has 0 aromatic heterocycles. The zero-order valence-corrected chi connectivity index (χ0v) is 17.5. The number of carbonyl (C=O) groups excluding carboxylic acids is 1. The number of halogens is 1. The van der Waals surface area contributed by atoms with Crippen molar-refractivity contribution in [1.82, 2.24) is 0 Å². The minimum absolute atomic E-state index is 0.176. The van der Waals surface area contributed by atoms with Gasteiger partial charge in [-0.1, -0.05) is 27.4 Å². The van der Waals surface area contributed by atoms with E-state index in [1.807, 2.05) is 0 Å². The molecule has 2 fully saturated rings. The molecule has 0 radical (unpaired) electrons. The van der Waals surface area contributed by atoms with Crippen LogP contribution in [0.3, 0.4) is 0 Å². The second-order valence-electron chi connectivity index (χ2n) is 7.40. The van der Waals surface area contributed by atoms with E-state index in [0.717, 1.165) is 6.92 Å². The Kier molecular flexibility index (Phi) is 9.33. The third-order valence-electron chi connectivity index (χ3n) is 5.42. The van der Waals surface area contributed by atoms with E-state index < -0.39 is 66.9 Å². The molecule has 18 heteroatoms. The molecule has 1 N–H and O–H groups in total. The van der Waals surface area contributed by atoms with Crippen LogP contribution in [-0.2, 0) is 19.0 Å². The smallest absolute Gasteiger partial charge is 0.303 e. The van der Waals surface area contributed by atoms with Crippen molar-refractivity contribution in [3.8, 4) is 0 Å². The van der Waals surface area contributed by atoms with Crippen molar-refractivity contribution in [3.63, 3.8) is 0 Å². The van der Waals surface area contributed by atoms with E-state index in [1.165, 1.54) is 6.92 Å². The van der Waals surface area contributed by atoms with Gasteiger partial charge in [0.15, 0.2) is 6.29 Å². The number of ether oxygens (including phenoxy) is 3. The maximum atomic E-state index is 15.0. The lowest BCUT2D eigenvalue weighted by molar-refractivity contribution is -0.272. The molecule has 2 aliphatic rings. The van der Waals surface area contributed by atoms with Crippen LogP contribution in [0.4, 0.5) is 4.39 Å². The number of alkyl halides is 1. The third kappa shape index (κ3) is 6.06. The molecule has 1 aliphatic carbocycles. The fourth-order valence-electron chi connectivity index (χ4n) is 3.84. The van der Waals surface area contributed by atoms with E-state index in [0.29, 0.717) is 0 Å². The minimum Gasteiger partial charge on any atom is -0.459 e. The molecule has 0 spiro atoms. The Bertz CT molecular complexity index is 911. The number of azide groups is 4. The van der Waals surface area contributed by atoms with E-state index in [-0.39, 0.29) is 13.0 Å². The summed E-state index contributed by atoms with van der Waals surface area (Å²) in [4.78, 5) is 22.1.